The molecule has 1 nitrogen and oxygen atoms in total. The molecule has 1 aromatic heterocycles. The lowest BCUT2D eigenvalue weighted by Crippen LogP contribution is -2.00. The fourth-order valence-corrected chi connectivity index (χ4v) is 4.46. The molecular weight excluding hydrogens is 396 g/mol. The van der Waals surface area contributed by atoms with Gasteiger partial charge in [0.1, 0.15) is 5.82 Å². The van der Waals surface area contributed by atoms with Crippen molar-refractivity contribution in [3.8, 4) is 0 Å². The molecule has 21 heavy (non-hydrogen) atoms. The van der Waals surface area contributed by atoms with Gasteiger partial charge in [-0.1, -0.05) is 41.4 Å². The molecule has 1 N–H and O–H groups in total. The van der Waals surface area contributed by atoms with Crippen LogP contribution in [-0.4, -0.2) is 0 Å². The highest BCUT2D eigenvalue weighted by molar-refractivity contribution is 9.10. The highest BCUT2D eigenvalue weighted by atomic mass is 79.9. The highest BCUT2D eigenvalue weighted by Gasteiger charge is 2.12. The zero-order valence-electron chi connectivity index (χ0n) is 10.6. The predicted octanol–water partition coefficient (Wildman–Crippen LogP) is 6.72. The third-order valence-corrected chi connectivity index (χ3v) is 5.67. The molecule has 0 radical (unpaired) electrons. The quantitative estimate of drug-likeness (QED) is 0.510. The zero-order chi connectivity index (χ0) is 15.0. The molecule has 6 heteroatoms. The van der Waals surface area contributed by atoms with Crippen molar-refractivity contribution in [3.05, 3.63) is 61.6 Å². The first-order chi connectivity index (χ1) is 10.1. The molecule has 1 heterocycles. The van der Waals surface area contributed by atoms with Gasteiger partial charge < -0.3 is 5.32 Å². The Kier molecular flexibility index (Phi) is 4.41. The van der Waals surface area contributed by atoms with E-state index < -0.39 is 0 Å². The van der Waals surface area contributed by atoms with Gasteiger partial charge >= 0.3 is 0 Å². The van der Waals surface area contributed by atoms with E-state index in [-0.39, 0.29) is 5.82 Å². The Bertz CT molecular complexity index is 796. The molecule has 108 valence electrons. The molecule has 2 aromatic carbocycles. The summed E-state index contributed by atoms with van der Waals surface area (Å²) < 4.78 is 14.9. The van der Waals surface area contributed by atoms with Crippen molar-refractivity contribution in [3.63, 3.8) is 0 Å². The Morgan fingerprint density at radius 3 is 2.67 bits per heavy atom. The Balaban J connectivity index is 1.89. The number of thiophene rings is 1. The van der Waals surface area contributed by atoms with Crippen LogP contribution < -0.4 is 5.32 Å². The van der Waals surface area contributed by atoms with Gasteiger partial charge in [0, 0.05) is 19.4 Å². The minimum atomic E-state index is -0.377. The van der Waals surface area contributed by atoms with Crippen molar-refractivity contribution in [1.82, 2.24) is 0 Å². The van der Waals surface area contributed by atoms with Gasteiger partial charge in [-0.3, -0.25) is 0 Å². The van der Waals surface area contributed by atoms with E-state index in [1.165, 1.54) is 12.1 Å². The lowest BCUT2D eigenvalue weighted by Gasteiger charge is -2.10. The van der Waals surface area contributed by atoms with E-state index in [4.69, 9.17) is 23.2 Å². The van der Waals surface area contributed by atoms with Crippen LogP contribution >= 0.6 is 50.5 Å². The summed E-state index contributed by atoms with van der Waals surface area (Å²) in [6.07, 6.45) is 0. The first kappa shape index (κ1) is 15.1. The van der Waals surface area contributed by atoms with Crippen molar-refractivity contribution >= 4 is 66.2 Å². The average molecular weight is 405 g/mol. The number of halogens is 4. The topological polar surface area (TPSA) is 12.0 Å². The van der Waals surface area contributed by atoms with Crippen molar-refractivity contribution in [2.75, 3.05) is 5.32 Å². The molecule has 0 atom stereocenters. The van der Waals surface area contributed by atoms with Gasteiger partial charge in [-0.25, -0.2) is 4.39 Å². The number of hydrogen-bond acceptors (Lipinski definition) is 2. The van der Waals surface area contributed by atoms with Crippen molar-refractivity contribution in [2.24, 2.45) is 0 Å². The minimum absolute atomic E-state index is 0.333. The second-order valence-electron chi connectivity index (χ2n) is 4.43. The smallest absolute Gasteiger partial charge is 0.125 e. The number of nitrogens with one attached hydrogen (secondary N) is 1. The Morgan fingerprint density at radius 2 is 1.95 bits per heavy atom. The van der Waals surface area contributed by atoms with Crippen LogP contribution in [0.3, 0.4) is 0 Å². The number of benzene rings is 2. The molecule has 0 saturated carbocycles. The maximum absolute atomic E-state index is 13.2. The van der Waals surface area contributed by atoms with Crippen LogP contribution in [0.25, 0.3) is 10.1 Å². The molecule has 0 fully saturated rings. The van der Waals surface area contributed by atoms with Crippen LogP contribution in [0, 0.1) is 5.82 Å². The summed E-state index contributed by atoms with van der Waals surface area (Å²) in [4.78, 5) is 1.02. The Labute approximate surface area is 143 Å². The van der Waals surface area contributed by atoms with Crippen LogP contribution in [0.2, 0.25) is 10.0 Å². The average Bonchev–Trinajstić information content (AvgIpc) is 2.75. The summed E-state index contributed by atoms with van der Waals surface area (Å²) in [6.45, 7) is 0.530. The second kappa shape index (κ2) is 6.13. The lowest BCUT2D eigenvalue weighted by atomic mass is 10.2. The van der Waals surface area contributed by atoms with Gasteiger partial charge in [0.25, 0.3) is 0 Å². The van der Waals surface area contributed by atoms with Crippen LogP contribution in [0.4, 0.5) is 10.1 Å². The monoisotopic (exact) mass is 403 g/mol. The lowest BCUT2D eigenvalue weighted by molar-refractivity contribution is 0.627. The maximum atomic E-state index is 13.2. The van der Waals surface area contributed by atoms with Gasteiger partial charge in [-0.2, -0.15) is 0 Å². The summed E-state index contributed by atoms with van der Waals surface area (Å²) >= 11 is 17.4. The third-order valence-electron chi connectivity index (χ3n) is 3.03. The summed E-state index contributed by atoms with van der Waals surface area (Å²) in [5, 5.41) is 5.33. The van der Waals surface area contributed by atoms with Crippen LogP contribution in [0.15, 0.2) is 40.9 Å². The summed E-state index contributed by atoms with van der Waals surface area (Å²) in [6, 6.07) is 10.6. The summed E-state index contributed by atoms with van der Waals surface area (Å²) in [5.41, 5.74) is 0.659. The normalized spacial score (nSPS) is 11.0. The molecule has 0 aliphatic heterocycles. The van der Waals surface area contributed by atoms with Crippen molar-refractivity contribution in [1.29, 1.82) is 0 Å². The van der Waals surface area contributed by atoms with E-state index in [9.17, 15) is 4.39 Å². The fourth-order valence-electron chi connectivity index (χ4n) is 2.06. The van der Waals surface area contributed by atoms with Crippen LogP contribution in [0.1, 0.15) is 4.88 Å². The van der Waals surface area contributed by atoms with E-state index in [0.717, 1.165) is 20.0 Å². The Hall–Kier alpha value is -0.810. The zero-order valence-corrected chi connectivity index (χ0v) is 14.5. The summed E-state index contributed by atoms with van der Waals surface area (Å²) in [7, 11) is 0. The number of hydrogen-bond donors (Lipinski definition) is 1. The number of anilines is 1. The van der Waals surface area contributed by atoms with Gasteiger partial charge in [-0.15, -0.1) is 11.3 Å². The summed E-state index contributed by atoms with van der Waals surface area (Å²) in [5.74, 6) is -0.377. The number of rotatable bonds is 3. The molecule has 3 aromatic rings. The molecular formula is C15H9BrCl2FNS. The van der Waals surface area contributed by atoms with E-state index in [2.05, 4.69) is 21.2 Å². The minimum Gasteiger partial charge on any atom is -0.378 e. The van der Waals surface area contributed by atoms with E-state index in [1.807, 2.05) is 24.3 Å². The predicted molar refractivity (Wildman–Crippen MR) is 93.3 cm³/mol. The molecule has 0 amide bonds. The van der Waals surface area contributed by atoms with E-state index in [0.29, 0.717) is 21.7 Å². The molecule has 0 spiro atoms. The van der Waals surface area contributed by atoms with Crippen LogP contribution in [-0.2, 0) is 6.54 Å². The first-order valence-corrected chi connectivity index (χ1v) is 8.47. The van der Waals surface area contributed by atoms with Crippen molar-refractivity contribution < 1.29 is 4.39 Å². The largest absolute Gasteiger partial charge is 0.378 e. The molecule has 0 bridgehead atoms. The number of fused-ring (bicyclic) bond motifs is 1. The van der Waals surface area contributed by atoms with Crippen molar-refractivity contribution in [2.45, 2.75) is 6.54 Å². The van der Waals surface area contributed by atoms with Gasteiger partial charge in [0.2, 0.25) is 0 Å². The maximum Gasteiger partial charge on any atom is 0.125 e. The fraction of sp³-hybridized carbons (Fsp3) is 0.0667. The SMILES string of the molecule is Fc1cc(Cl)c(NCc2sc3ccccc3c2Cl)c(Br)c1. The van der Waals surface area contributed by atoms with Gasteiger partial charge in [-0.05, 0) is 34.1 Å². The van der Waals surface area contributed by atoms with Gasteiger partial charge in [0.15, 0.2) is 0 Å². The Morgan fingerprint density at radius 1 is 1.19 bits per heavy atom. The molecule has 0 saturated heterocycles. The molecule has 0 aliphatic carbocycles. The van der Waals surface area contributed by atoms with Crippen LogP contribution in [0.5, 0.6) is 0 Å². The molecule has 0 unspecified atom stereocenters. The first-order valence-electron chi connectivity index (χ1n) is 6.10. The standard InChI is InChI=1S/C15H9BrCl2FNS/c16-10-5-8(19)6-11(17)15(10)20-7-13-14(18)9-3-1-2-4-12(9)21-13/h1-6,20H,7H2. The molecule has 3 rings (SSSR count). The third kappa shape index (κ3) is 3.04. The van der Waals surface area contributed by atoms with Gasteiger partial charge in [0.05, 0.1) is 22.3 Å². The van der Waals surface area contributed by atoms with E-state index >= 15 is 0 Å². The van der Waals surface area contributed by atoms with E-state index in [1.54, 1.807) is 11.3 Å². The highest BCUT2D eigenvalue weighted by Crippen LogP contribution is 2.37. The second-order valence-corrected chi connectivity index (χ2v) is 7.21. The molecule has 0 aliphatic rings.